The summed E-state index contributed by atoms with van der Waals surface area (Å²) in [4.78, 5) is 12.8. The normalized spacial score (nSPS) is 15.8. The maximum atomic E-state index is 12.8. The van der Waals surface area contributed by atoms with E-state index in [0.717, 1.165) is 29.5 Å². The molecule has 5 heteroatoms. The van der Waals surface area contributed by atoms with Crippen LogP contribution in [0.25, 0.3) is 17.2 Å². The summed E-state index contributed by atoms with van der Waals surface area (Å²) in [6.07, 6.45) is 5.06. The average Bonchev–Trinajstić information content (AvgIpc) is 2.84. The van der Waals surface area contributed by atoms with Crippen LogP contribution in [0.3, 0.4) is 0 Å². The van der Waals surface area contributed by atoms with Crippen molar-refractivity contribution < 1.29 is 13.2 Å². The standard InChI is InChI=1S/C27H27NO3S/c1-21-17-19-28(20-18-21)32(30,31)26-14-12-25(13-15-26)27(29)16-9-22-7-10-24(11-8-22)23-5-3-2-4-6-23/h2-16,21H,17-20H2,1H3/b16-9+. The van der Waals surface area contributed by atoms with Crippen molar-refractivity contribution in [2.75, 3.05) is 13.1 Å². The maximum Gasteiger partial charge on any atom is 0.243 e. The lowest BCUT2D eigenvalue weighted by Crippen LogP contribution is -2.37. The minimum Gasteiger partial charge on any atom is -0.289 e. The van der Waals surface area contributed by atoms with Crippen molar-refractivity contribution in [1.82, 2.24) is 4.31 Å². The number of piperidine rings is 1. The quantitative estimate of drug-likeness (QED) is 0.363. The lowest BCUT2D eigenvalue weighted by Gasteiger charge is -2.29. The van der Waals surface area contributed by atoms with E-state index in [1.165, 1.54) is 18.2 Å². The van der Waals surface area contributed by atoms with Gasteiger partial charge in [-0.3, -0.25) is 4.79 Å². The van der Waals surface area contributed by atoms with E-state index in [2.05, 4.69) is 19.1 Å². The van der Waals surface area contributed by atoms with Crippen LogP contribution in [0.4, 0.5) is 0 Å². The van der Waals surface area contributed by atoms with E-state index >= 15 is 0 Å². The van der Waals surface area contributed by atoms with Gasteiger partial charge in [0.15, 0.2) is 5.78 Å². The van der Waals surface area contributed by atoms with E-state index in [4.69, 9.17) is 0 Å². The third-order valence-corrected chi connectivity index (χ3v) is 7.88. The zero-order valence-electron chi connectivity index (χ0n) is 18.1. The number of benzene rings is 3. The fraction of sp³-hybridized carbons (Fsp3) is 0.222. The van der Waals surface area contributed by atoms with Crippen LogP contribution in [-0.2, 0) is 10.0 Å². The molecule has 1 aliphatic heterocycles. The first-order chi connectivity index (χ1) is 15.4. The molecule has 1 heterocycles. The molecule has 1 fully saturated rings. The van der Waals surface area contributed by atoms with Gasteiger partial charge in [-0.05, 0) is 65.8 Å². The molecule has 0 amide bonds. The molecule has 0 spiro atoms. The second kappa shape index (κ2) is 9.63. The van der Waals surface area contributed by atoms with Crippen LogP contribution in [0.5, 0.6) is 0 Å². The smallest absolute Gasteiger partial charge is 0.243 e. The van der Waals surface area contributed by atoms with Gasteiger partial charge in [-0.2, -0.15) is 4.31 Å². The third kappa shape index (κ3) is 5.06. The second-order valence-corrected chi connectivity index (χ2v) is 10.2. The number of rotatable bonds is 6. The second-order valence-electron chi connectivity index (χ2n) is 8.30. The number of hydrogen-bond acceptors (Lipinski definition) is 3. The Morgan fingerprint density at radius 2 is 1.44 bits per heavy atom. The summed E-state index contributed by atoms with van der Waals surface area (Å²) in [5.74, 6) is 0.399. The van der Waals surface area contributed by atoms with Crippen LogP contribution >= 0.6 is 0 Å². The summed E-state index contributed by atoms with van der Waals surface area (Å²) in [6, 6.07) is 24.4. The van der Waals surface area contributed by atoms with Crippen molar-refractivity contribution in [3.63, 3.8) is 0 Å². The number of nitrogens with zero attached hydrogens (tertiary/aromatic N) is 1. The van der Waals surface area contributed by atoms with Gasteiger partial charge in [-0.25, -0.2) is 8.42 Å². The lowest BCUT2D eigenvalue weighted by molar-refractivity contribution is 0.104. The van der Waals surface area contributed by atoms with Crippen molar-refractivity contribution in [3.05, 3.63) is 96.1 Å². The number of carbonyl (C=O) groups is 1. The summed E-state index contributed by atoms with van der Waals surface area (Å²) in [5.41, 5.74) is 3.66. The molecule has 1 aliphatic rings. The largest absolute Gasteiger partial charge is 0.289 e. The Labute approximate surface area is 190 Å². The summed E-state index contributed by atoms with van der Waals surface area (Å²) < 4.78 is 27.2. The molecule has 0 bridgehead atoms. The topological polar surface area (TPSA) is 54.5 Å². The number of carbonyl (C=O) groups excluding carboxylic acids is 1. The first kappa shape index (κ1) is 22.2. The maximum absolute atomic E-state index is 12.8. The Kier molecular flexibility index (Phi) is 6.68. The predicted octanol–water partition coefficient (Wildman–Crippen LogP) is 5.67. The van der Waals surface area contributed by atoms with Crippen LogP contribution in [0.2, 0.25) is 0 Å². The van der Waals surface area contributed by atoms with Crippen LogP contribution in [0.1, 0.15) is 35.7 Å². The van der Waals surface area contributed by atoms with Crippen molar-refractivity contribution in [2.45, 2.75) is 24.7 Å². The van der Waals surface area contributed by atoms with E-state index in [-0.39, 0.29) is 10.7 Å². The number of hydrogen-bond donors (Lipinski definition) is 0. The molecule has 0 aliphatic carbocycles. The van der Waals surface area contributed by atoms with Crippen LogP contribution < -0.4 is 0 Å². The van der Waals surface area contributed by atoms with Gasteiger partial charge < -0.3 is 0 Å². The highest BCUT2D eigenvalue weighted by Crippen LogP contribution is 2.24. The van der Waals surface area contributed by atoms with Gasteiger partial charge in [0.2, 0.25) is 10.0 Å². The molecular weight excluding hydrogens is 418 g/mol. The van der Waals surface area contributed by atoms with Gasteiger partial charge in [0.25, 0.3) is 0 Å². The average molecular weight is 446 g/mol. The Balaban J connectivity index is 1.42. The highest BCUT2D eigenvalue weighted by molar-refractivity contribution is 7.89. The molecule has 3 aromatic carbocycles. The zero-order valence-corrected chi connectivity index (χ0v) is 19.0. The molecule has 0 unspecified atom stereocenters. The molecule has 0 N–H and O–H groups in total. The van der Waals surface area contributed by atoms with Gasteiger partial charge in [-0.1, -0.05) is 67.6 Å². The van der Waals surface area contributed by atoms with Crippen molar-refractivity contribution in [2.24, 2.45) is 5.92 Å². The zero-order chi connectivity index (χ0) is 22.6. The van der Waals surface area contributed by atoms with Gasteiger partial charge in [0.1, 0.15) is 0 Å². The Morgan fingerprint density at radius 3 is 2.06 bits per heavy atom. The summed E-state index contributed by atoms with van der Waals surface area (Å²) in [7, 11) is -3.51. The molecule has 3 aromatic rings. The Morgan fingerprint density at radius 1 is 0.844 bits per heavy atom. The number of ketones is 1. The van der Waals surface area contributed by atoms with Gasteiger partial charge in [0.05, 0.1) is 4.90 Å². The van der Waals surface area contributed by atoms with Gasteiger partial charge in [0, 0.05) is 18.7 Å². The molecule has 0 aromatic heterocycles. The minimum atomic E-state index is -3.51. The fourth-order valence-electron chi connectivity index (χ4n) is 3.85. The van der Waals surface area contributed by atoms with Crippen molar-refractivity contribution in [1.29, 1.82) is 0 Å². The minimum absolute atomic E-state index is 0.159. The van der Waals surface area contributed by atoms with E-state index in [9.17, 15) is 13.2 Å². The summed E-state index contributed by atoms with van der Waals surface area (Å²) in [6.45, 7) is 3.25. The SMILES string of the molecule is CC1CCN(S(=O)(=O)c2ccc(C(=O)/C=C/c3ccc(-c4ccccc4)cc3)cc2)CC1. The van der Waals surface area contributed by atoms with Crippen LogP contribution in [0.15, 0.2) is 89.8 Å². The molecular formula is C27H27NO3S. The molecule has 164 valence electrons. The molecule has 1 saturated heterocycles. The molecule has 4 rings (SSSR count). The monoisotopic (exact) mass is 445 g/mol. The van der Waals surface area contributed by atoms with Gasteiger partial charge >= 0.3 is 0 Å². The highest BCUT2D eigenvalue weighted by Gasteiger charge is 2.27. The molecule has 0 atom stereocenters. The van der Waals surface area contributed by atoms with E-state index < -0.39 is 10.0 Å². The third-order valence-electron chi connectivity index (χ3n) is 5.96. The van der Waals surface area contributed by atoms with E-state index in [0.29, 0.717) is 24.6 Å². The molecule has 32 heavy (non-hydrogen) atoms. The Hall–Kier alpha value is -3.02. The van der Waals surface area contributed by atoms with E-state index in [1.54, 1.807) is 22.5 Å². The highest BCUT2D eigenvalue weighted by atomic mass is 32.2. The van der Waals surface area contributed by atoms with Crippen molar-refractivity contribution in [3.8, 4) is 11.1 Å². The van der Waals surface area contributed by atoms with Crippen molar-refractivity contribution >= 4 is 21.9 Å². The lowest BCUT2D eigenvalue weighted by atomic mass is 10.0. The summed E-state index contributed by atoms with van der Waals surface area (Å²) in [5, 5.41) is 0. The van der Waals surface area contributed by atoms with E-state index in [1.807, 2.05) is 42.5 Å². The van der Waals surface area contributed by atoms with Gasteiger partial charge in [-0.15, -0.1) is 0 Å². The predicted molar refractivity (Wildman–Crippen MR) is 129 cm³/mol. The van der Waals surface area contributed by atoms with Crippen LogP contribution in [0, 0.1) is 5.92 Å². The Bertz CT molecular complexity index is 1190. The first-order valence-corrected chi connectivity index (χ1v) is 12.4. The molecule has 0 radical (unpaired) electrons. The molecule has 4 nitrogen and oxygen atoms in total. The first-order valence-electron chi connectivity index (χ1n) is 10.9. The number of allylic oxidation sites excluding steroid dienone is 1. The molecule has 0 saturated carbocycles. The fourth-order valence-corrected chi connectivity index (χ4v) is 5.32. The number of sulfonamides is 1. The van der Waals surface area contributed by atoms with Crippen LogP contribution in [-0.4, -0.2) is 31.6 Å². The summed E-state index contributed by atoms with van der Waals surface area (Å²) >= 11 is 0.